The molecule has 1 atom stereocenters. The summed E-state index contributed by atoms with van der Waals surface area (Å²) in [5, 5.41) is 1.57. The zero-order chi connectivity index (χ0) is 17.9. The van der Waals surface area contributed by atoms with Gasteiger partial charge < -0.3 is 4.90 Å². The van der Waals surface area contributed by atoms with Crippen LogP contribution in [-0.4, -0.2) is 55.0 Å². The summed E-state index contributed by atoms with van der Waals surface area (Å²) in [6.45, 7) is 3.45. The van der Waals surface area contributed by atoms with Gasteiger partial charge in [0.25, 0.3) is 10.0 Å². The molecule has 1 saturated heterocycles. The first-order chi connectivity index (χ1) is 12.0. The fourth-order valence-corrected chi connectivity index (χ4v) is 6.24. The second kappa shape index (κ2) is 7.90. The Balaban J connectivity index is 1.57. The van der Waals surface area contributed by atoms with Crippen LogP contribution in [0, 0.1) is 0 Å². The lowest BCUT2D eigenvalue weighted by molar-refractivity contribution is -0.131. The van der Waals surface area contributed by atoms with Gasteiger partial charge in [0.05, 0.1) is 5.25 Å². The van der Waals surface area contributed by atoms with Crippen LogP contribution in [0.15, 0.2) is 56.9 Å². The third-order valence-electron chi connectivity index (χ3n) is 4.04. The van der Waals surface area contributed by atoms with Gasteiger partial charge in [0.15, 0.2) is 0 Å². The van der Waals surface area contributed by atoms with Crippen LogP contribution >= 0.6 is 23.1 Å². The average molecular weight is 397 g/mol. The first-order valence-electron chi connectivity index (χ1n) is 8.02. The quantitative estimate of drug-likeness (QED) is 0.729. The number of hydrogen-bond acceptors (Lipinski definition) is 5. The van der Waals surface area contributed by atoms with Crippen LogP contribution < -0.4 is 0 Å². The summed E-state index contributed by atoms with van der Waals surface area (Å²) < 4.78 is 26.9. The predicted octanol–water partition coefficient (Wildman–Crippen LogP) is 2.76. The molecule has 0 N–H and O–H groups in total. The van der Waals surface area contributed by atoms with Crippen molar-refractivity contribution in [2.75, 3.05) is 26.2 Å². The van der Waals surface area contributed by atoms with E-state index in [1.165, 1.54) is 27.4 Å². The van der Waals surface area contributed by atoms with Crippen molar-refractivity contribution in [2.45, 2.75) is 21.3 Å². The van der Waals surface area contributed by atoms with Crippen molar-refractivity contribution in [3.05, 3.63) is 47.8 Å². The molecule has 0 bridgehead atoms. The predicted molar refractivity (Wildman–Crippen MR) is 101 cm³/mol. The van der Waals surface area contributed by atoms with E-state index in [0.29, 0.717) is 30.4 Å². The third-order valence-corrected chi connectivity index (χ3v) is 8.41. The highest BCUT2D eigenvalue weighted by molar-refractivity contribution is 8.00. The number of hydrogen-bond donors (Lipinski definition) is 0. The highest BCUT2D eigenvalue weighted by Crippen LogP contribution is 2.26. The zero-order valence-corrected chi connectivity index (χ0v) is 16.3. The summed E-state index contributed by atoms with van der Waals surface area (Å²) in [5.74, 6) is 0.0574. The molecule has 1 aromatic heterocycles. The molecule has 134 valence electrons. The van der Waals surface area contributed by atoms with E-state index in [1.807, 2.05) is 37.3 Å². The van der Waals surface area contributed by atoms with E-state index in [9.17, 15) is 13.2 Å². The molecule has 8 heteroatoms. The number of benzene rings is 1. The minimum absolute atomic E-state index is 0.0574. The highest BCUT2D eigenvalue weighted by atomic mass is 32.2. The Hall–Kier alpha value is -1.35. The molecule has 0 aliphatic carbocycles. The van der Waals surface area contributed by atoms with Crippen LogP contribution in [0.5, 0.6) is 0 Å². The van der Waals surface area contributed by atoms with Crippen molar-refractivity contribution in [1.82, 2.24) is 9.21 Å². The maximum absolute atomic E-state index is 12.6. The van der Waals surface area contributed by atoms with E-state index in [1.54, 1.807) is 22.4 Å². The van der Waals surface area contributed by atoms with Gasteiger partial charge in [-0.1, -0.05) is 24.3 Å². The molecular weight excluding hydrogens is 376 g/mol. The molecule has 0 spiro atoms. The van der Waals surface area contributed by atoms with E-state index in [2.05, 4.69) is 0 Å². The lowest BCUT2D eigenvalue weighted by atomic mass is 10.3. The van der Waals surface area contributed by atoms with Crippen molar-refractivity contribution >= 4 is 39.0 Å². The molecule has 0 unspecified atom stereocenters. The van der Waals surface area contributed by atoms with Gasteiger partial charge in [-0.3, -0.25) is 4.79 Å². The molecule has 1 aromatic carbocycles. The number of piperazine rings is 1. The number of thiophene rings is 1. The van der Waals surface area contributed by atoms with Gasteiger partial charge in [0, 0.05) is 31.1 Å². The number of carbonyl (C=O) groups is 1. The van der Waals surface area contributed by atoms with Crippen LogP contribution in [-0.2, 0) is 14.8 Å². The molecule has 1 aliphatic heterocycles. The van der Waals surface area contributed by atoms with Crippen molar-refractivity contribution in [1.29, 1.82) is 0 Å². The number of rotatable bonds is 5. The summed E-state index contributed by atoms with van der Waals surface area (Å²) >= 11 is 2.75. The van der Waals surface area contributed by atoms with Gasteiger partial charge in [0.1, 0.15) is 4.21 Å². The number of carbonyl (C=O) groups excluding carboxylic acids is 1. The molecule has 1 amide bonds. The van der Waals surface area contributed by atoms with Gasteiger partial charge in [-0.2, -0.15) is 4.31 Å². The largest absolute Gasteiger partial charge is 0.339 e. The summed E-state index contributed by atoms with van der Waals surface area (Å²) in [4.78, 5) is 15.4. The van der Waals surface area contributed by atoms with Crippen molar-refractivity contribution in [3.8, 4) is 0 Å². The molecule has 1 aliphatic rings. The molecule has 3 rings (SSSR count). The molecule has 0 radical (unpaired) electrons. The van der Waals surface area contributed by atoms with Crippen LogP contribution in [0.4, 0.5) is 0 Å². The summed E-state index contributed by atoms with van der Waals surface area (Å²) in [5.41, 5.74) is 0. The summed E-state index contributed by atoms with van der Waals surface area (Å²) in [7, 11) is -3.43. The maximum Gasteiger partial charge on any atom is 0.252 e. The Kier molecular flexibility index (Phi) is 5.83. The normalized spacial score (nSPS) is 17.4. The molecule has 1 fully saturated rings. The number of nitrogens with zero attached hydrogens (tertiary/aromatic N) is 2. The smallest absolute Gasteiger partial charge is 0.252 e. The molecule has 5 nitrogen and oxygen atoms in total. The Morgan fingerprint density at radius 3 is 2.36 bits per heavy atom. The zero-order valence-electron chi connectivity index (χ0n) is 13.9. The van der Waals surface area contributed by atoms with Crippen LogP contribution in [0.25, 0.3) is 0 Å². The molecule has 25 heavy (non-hydrogen) atoms. The summed E-state index contributed by atoms with van der Waals surface area (Å²) in [6, 6.07) is 13.2. The monoisotopic (exact) mass is 396 g/mol. The van der Waals surface area contributed by atoms with Crippen molar-refractivity contribution < 1.29 is 13.2 Å². The number of amides is 1. The minimum atomic E-state index is -3.43. The second-order valence-corrected chi connectivity index (χ2v) is 10.3. The second-order valence-electron chi connectivity index (χ2n) is 5.73. The van der Waals surface area contributed by atoms with E-state index < -0.39 is 10.0 Å². The van der Waals surface area contributed by atoms with Gasteiger partial charge >= 0.3 is 0 Å². The SMILES string of the molecule is C[C@H](Sc1ccccc1)C(=O)N1CCN(S(=O)(=O)c2cccs2)CC1. The van der Waals surface area contributed by atoms with Crippen molar-refractivity contribution in [3.63, 3.8) is 0 Å². The number of thioether (sulfide) groups is 1. The van der Waals surface area contributed by atoms with Gasteiger partial charge in [0.2, 0.25) is 5.91 Å². The first-order valence-corrected chi connectivity index (χ1v) is 11.2. The maximum atomic E-state index is 12.6. The fourth-order valence-electron chi connectivity index (χ4n) is 2.70. The lowest BCUT2D eigenvalue weighted by Crippen LogP contribution is -2.52. The average Bonchev–Trinajstić information content (AvgIpc) is 3.17. The number of sulfonamides is 1. The first kappa shape index (κ1) is 18.4. The lowest BCUT2D eigenvalue weighted by Gasteiger charge is -2.34. The van der Waals surface area contributed by atoms with Crippen LogP contribution in [0.3, 0.4) is 0 Å². The Labute approximate surface area is 156 Å². The standard InChI is InChI=1S/C17H20N2O3S3/c1-14(24-15-6-3-2-4-7-15)17(20)18-9-11-19(12-10-18)25(21,22)16-8-5-13-23-16/h2-8,13-14H,9-12H2,1H3/t14-/m0/s1. The van der Waals surface area contributed by atoms with Gasteiger partial charge in [-0.15, -0.1) is 23.1 Å². The molecular formula is C17H20N2O3S3. The van der Waals surface area contributed by atoms with Gasteiger partial charge in [-0.25, -0.2) is 8.42 Å². The molecule has 0 saturated carbocycles. The topological polar surface area (TPSA) is 57.7 Å². The minimum Gasteiger partial charge on any atom is -0.339 e. The molecule has 2 aromatic rings. The third kappa shape index (κ3) is 4.25. The Morgan fingerprint density at radius 2 is 1.76 bits per heavy atom. The van der Waals surface area contributed by atoms with E-state index in [4.69, 9.17) is 0 Å². The Morgan fingerprint density at radius 1 is 1.08 bits per heavy atom. The van der Waals surface area contributed by atoms with Gasteiger partial charge in [-0.05, 0) is 30.5 Å². The fraction of sp³-hybridized carbons (Fsp3) is 0.353. The Bertz CT molecular complexity index is 799. The van der Waals surface area contributed by atoms with E-state index in [-0.39, 0.29) is 11.2 Å². The highest BCUT2D eigenvalue weighted by Gasteiger charge is 2.32. The van der Waals surface area contributed by atoms with Crippen molar-refractivity contribution in [2.24, 2.45) is 0 Å². The summed E-state index contributed by atoms with van der Waals surface area (Å²) in [6.07, 6.45) is 0. The molecule has 2 heterocycles. The van der Waals surface area contributed by atoms with Crippen LogP contribution in [0.2, 0.25) is 0 Å². The van der Waals surface area contributed by atoms with Crippen LogP contribution in [0.1, 0.15) is 6.92 Å². The van der Waals surface area contributed by atoms with E-state index in [0.717, 1.165) is 4.90 Å². The van der Waals surface area contributed by atoms with E-state index >= 15 is 0 Å².